The normalized spacial score (nSPS) is 15.9. The van der Waals surface area contributed by atoms with Crippen molar-refractivity contribution in [2.75, 3.05) is 12.4 Å². The van der Waals surface area contributed by atoms with Crippen LogP contribution in [0.2, 0.25) is 0 Å². The Morgan fingerprint density at radius 2 is 2.22 bits per heavy atom. The number of rotatable bonds is 5. The third-order valence-electron chi connectivity index (χ3n) is 2.90. The van der Waals surface area contributed by atoms with Gasteiger partial charge in [-0.2, -0.15) is 0 Å². The second-order valence-corrected chi connectivity index (χ2v) is 4.51. The van der Waals surface area contributed by atoms with Crippen LogP contribution in [0.25, 0.3) is 0 Å². The summed E-state index contributed by atoms with van der Waals surface area (Å²) in [7, 11) is 1.56. The van der Waals surface area contributed by atoms with Crippen LogP contribution in [0.15, 0.2) is 6.33 Å². The molecular formula is C12H18N4O2. The highest BCUT2D eigenvalue weighted by Gasteiger charge is 2.26. The van der Waals surface area contributed by atoms with Crippen LogP contribution in [0.1, 0.15) is 25.3 Å². The van der Waals surface area contributed by atoms with E-state index in [1.165, 1.54) is 6.33 Å². The van der Waals surface area contributed by atoms with Crippen molar-refractivity contribution < 1.29 is 9.53 Å². The summed E-state index contributed by atoms with van der Waals surface area (Å²) in [4.78, 5) is 19.9. The Labute approximate surface area is 106 Å². The fourth-order valence-electron chi connectivity index (χ4n) is 1.61. The van der Waals surface area contributed by atoms with E-state index in [9.17, 15) is 4.79 Å². The number of anilines is 1. The Kier molecular flexibility index (Phi) is 3.64. The van der Waals surface area contributed by atoms with Gasteiger partial charge >= 0.3 is 0 Å². The summed E-state index contributed by atoms with van der Waals surface area (Å²) in [6.45, 7) is 3.67. The fourth-order valence-corrected chi connectivity index (χ4v) is 1.61. The summed E-state index contributed by atoms with van der Waals surface area (Å²) in [5.74, 6) is 1.14. The minimum absolute atomic E-state index is 0.00511. The molecule has 1 heterocycles. The smallest absolute Gasteiger partial charge is 0.242 e. The summed E-state index contributed by atoms with van der Waals surface area (Å²) in [6, 6.07) is 0.0340. The minimum atomic E-state index is -0.330. The zero-order valence-corrected chi connectivity index (χ0v) is 10.9. The number of amides is 1. The number of hydrogen-bond acceptors (Lipinski definition) is 5. The van der Waals surface area contributed by atoms with Gasteiger partial charge in [0.25, 0.3) is 0 Å². The van der Waals surface area contributed by atoms with E-state index in [0.29, 0.717) is 17.7 Å². The Bertz CT molecular complexity index is 446. The molecule has 1 aromatic heterocycles. The van der Waals surface area contributed by atoms with E-state index in [2.05, 4.69) is 20.6 Å². The summed E-state index contributed by atoms with van der Waals surface area (Å²) >= 11 is 0. The molecule has 0 saturated heterocycles. The van der Waals surface area contributed by atoms with Gasteiger partial charge in [0.15, 0.2) is 0 Å². The predicted molar refractivity (Wildman–Crippen MR) is 67.6 cm³/mol. The molecule has 98 valence electrons. The van der Waals surface area contributed by atoms with Crippen LogP contribution in [0.4, 0.5) is 5.82 Å². The first-order valence-corrected chi connectivity index (χ1v) is 6.04. The van der Waals surface area contributed by atoms with E-state index in [1.807, 2.05) is 13.8 Å². The second kappa shape index (κ2) is 5.20. The van der Waals surface area contributed by atoms with Crippen LogP contribution in [-0.2, 0) is 4.79 Å². The van der Waals surface area contributed by atoms with Crippen LogP contribution in [-0.4, -0.2) is 35.1 Å². The molecule has 0 spiro atoms. The van der Waals surface area contributed by atoms with Crippen molar-refractivity contribution in [1.29, 1.82) is 0 Å². The number of carbonyl (C=O) groups excluding carboxylic acids is 1. The molecule has 2 N–H and O–H groups in total. The van der Waals surface area contributed by atoms with Crippen LogP contribution in [0.3, 0.4) is 0 Å². The maximum Gasteiger partial charge on any atom is 0.242 e. The van der Waals surface area contributed by atoms with Gasteiger partial charge in [-0.1, -0.05) is 0 Å². The van der Waals surface area contributed by atoms with E-state index >= 15 is 0 Å². The van der Waals surface area contributed by atoms with Crippen LogP contribution >= 0.6 is 0 Å². The van der Waals surface area contributed by atoms with Crippen LogP contribution in [0.5, 0.6) is 5.88 Å². The largest absolute Gasteiger partial charge is 0.481 e. The van der Waals surface area contributed by atoms with Crippen molar-refractivity contribution in [1.82, 2.24) is 15.3 Å². The molecule has 6 heteroatoms. The molecular weight excluding hydrogens is 232 g/mol. The number of nitrogens with zero attached hydrogens (tertiary/aromatic N) is 2. The summed E-state index contributed by atoms with van der Waals surface area (Å²) in [6.07, 6.45) is 3.58. The molecule has 1 amide bonds. The molecule has 1 aromatic rings. The van der Waals surface area contributed by atoms with Gasteiger partial charge in [-0.05, 0) is 26.7 Å². The molecule has 6 nitrogen and oxygen atoms in total. The lowest BCUT2D eigenvalue weighted by atomic mass is 10.2. The summed E-state index contributed by atoms with van der Waals surface area (Å²) in [5.41, 5.74) is 0.797. The number of hydrogen-bond donors (Lipinski definition) is 2. The molecule has 0 aliphatic heterocycles. The predicted octanol–water partition coefficient (Wildman–Crippen LogP) is 0.873. The van der Waals surface area contributed by atoms with Gasteiger partial charge in [0.05, 0.1) is 12.7 Å². The molecule has 0 radical (unpaired) electrons. The molecule has 1 atom stereocenters. The first-order chi connectivity index (χ1) is 8.61. The lowest BCUT2D eigenvalue weighted by Crippen LogP contribution is -2.39. The molecule has 2 rings (SSSR count). The topological polar surface area (TPSA) is 76.1 Å². The molecule has 1 saturated carbocycles. The van der Waals surface area contributed by atoms with E-state index < -0.39 is 0 Å². The van der Waals surface area contributed by atoms with Crippen molar-refractivity contribution in [3.8, 4) is 5.88 Å². The molecule has 1 unspecified atom stereocenters. The number of methoxy groups -OCH3 is 1. The third kappa shape index (κ3) is 2.88. The maximum absolute atomic E-state index is 11.8. The van der Waals surface area contributed by atoms with Gasteiger partial charge in [0, 0.05) is 6.04 Å². The van der Waals surface area contributed by atoms with Crippen molar-refractivity contribution in [2.45, 2.75) is 38.8 Å². The number of ether oxygens (including phenoxy) is 1. The highest BCUT2D eigenvalue weighted by Crippen LogP contribution is 2.21. The van der Waals surface area contributed by atoms with E-state index in [1.54, 1.807) is 7.11 Å². The van der Waals surface area contributed by atoms with Gasteiger partial charge in [-0.15, -0.1) is 0 Å². The molecule has 0 aromatic carbocycles. The van der Waals surface area contributed by atoms with Crippen LogP contribution in [0, 0.1) is 6.92 Å². The first kappa shape index (κ1) is 12.6. The molecule has 1 aliphatic carbocycles. The highest BCUT2D eigenvalue weighted by atomic mass is 16.5. The van der Waals surface area contributed by atoms with E-state index in [4.69, 9.17) is 4.74 Å². The second-order valence-electron chi connectivity index (χ2n) is 4.51. The average Bonchev–Trinajstić information content (AvgIpc) is 3.15. The number of nitrogens with one attached hydrogen (secondary N) is 2. The Morgan fingerprint density at radius 3 is 2.83 bits per heavy atom. The van der Waals surface area contributed by atoms with Crippen molar-refractivity contribution in [3.05, 3.63) is 11.9 Å². The van der Waals surface area contributed by atoms with Crippen molar-refractivity contribution in [3.63, 3.8) is 0 Å². The van der Waals surface area contributed by atoms with Gasteiger partial charge < -0.3 is 15.4 Å². The lowest BCUT2D eigenvalue weighted by Gasteiger charge is -2.16. The van der Waals surface area contributed by atoms with Gasteiger partial charge in [-0.3, -0.25) is 4.79 Å². The minimum Gasteiger partial charge on any atom is -0.481 e. The van der Waals surface area contributed by atoms with Gasteiger partial charge in [0.2, 0.25) is 11.8 Å². The zero-order valence-electron chi connectivity index (χ0n) is 10.9. The molecule has 1 fully saturated rings. The standard InChI is InChI=1S/C12H18N4O2/c1-7-10(13-6-14-12(7)18-3)15-8(2)11(17)16-9-4-5-9/h6,8-9H,4-5H2,1-3H3,(H,16,17)(H,13,14,15). The highest BCUT2D eigenvalue weighted by molar-refractivity contribution is 5.84. The Hall–Kier alpha value is -1.85. The first-order valence-electron chi connectivity index (χ1n) is 6.04. The number of carbonyl (C=O) groups is 1. The quantitative estimate of drug-likeness (QED) is 0.811. The Balaban J connectivity index is 2.01. The SMILES string of the molecule is COc1ncnc(NC(C)C(=O)NC2CC2)c1C. The monoisotopic (exact) mass is 250 g/mol. The van der Waals surface area contributed by atoms with Gasteiger partial charge in [0.1, 0.15) is 18.2 Å². The Morgan fingerprint density at radius 1 is 1.50 bits per heavy atom. The molecule has 1 aliphatic rings. The molecule has 18 heavy (non-hydrogen) atoms. The third-order valence-corrected chi connectivity index (χ3v) is 2.90. The van der Waals surface area contributed by atoms with Crippen LogP contribution < -0.4 is 15.4 Å². The molecule has 0 bridgehead atoms. The van der Waals surface area contributed by atoms with Gasteiger partial charge in [-0.25, -0.2) is 9.97 Å². The summed E-state index contributed by atoms with van der Waals surface area (Å²) in [5, 5.41) is 6.02. The fraction of sp³-hybridized carbons (Fsp3) is 0.583. The van der Waals surface area contributed by atoms with E-state index in [0.717, 1.165) is 18.4 Å². The summed E-state index contributed by atoms with van der Waals surface area (Å²) < 4.78 is 5.11. The van der Waals surface area contributed by atoms with Crippen molar-refractivity contribution >= 4 is 11.7 Å². The number of aromatic nitrogens is 2. The van der Waals surface area contributed by atoms with E-state index in [-0.39, 0.29) is 11.9 Å². The van der Waals surface area contributed by atoms with Crippen molar-refractivity contribution in [2.24, 2.45) is 0 Å². The average molecular weight is 250 g/mol. The maximum atomic E-state index is 11.8. The zero-order chi connectivity index (χ0) is 13.1. The lowest BCUT2D eigenvalue weighted by molar-refractivity contribution is -0.121.